The van der Waals surface area contributed by atoms with E-state index in [1.807, 2.05) is 30.3 Å². The highest BCUT2D eigenvalue weighted by molar-refractivity contribution is 5.75. The van der Waals surface area contributed by atoms with Crippen LogP contribution in [0.4, 0.5) is 0 Å². The van der Waals surface area contributed by atoms with Crippen molar-refractivity contribution in [2.75, 3.05) is 7.11 Å². The van der Waals surface area contributed by atoms with Gasteiger partial charge in [0.15, 0.2) is 0 Å². The second-order valence-corrected chi connectivity index (χ2v) is 6.57. The highest BCUT2D eigenvalue weighted by atomic mass is 16.5. The summed E-state index contributed by atoms with van der Waals surface area (Å²) in [4.78, 5) is 11.8. The van der Waals surface area contributed by atoms with Gasteiger partial charge in [-0.3, -0.25) is 4.79 Å². The maximum atomic E-state index is 11.8. The molecule has 1 N–H and O–H groups in total. The first-order valence-corrected chi connectivity index (χ1v) is 9.74. The second kappa shape index (κ2) is 14.7. The van der Waals surface area contributed by atoms with Gasteiger partial charge in [-0.05, 0) is 24.8 Å². The van der Waals surface area contributed by atoms with Crippen LogP contribution >= 0.6 is 0 Å². The van der Waals surface area contributed by atoms with Crippen LogP contribution < -0.4 is 5.32 Å². The van der Waals surface area contributed by atoms with Crippen LogP contribution in [0.15, 0.2) is 42.5 Å². The Balaban J connectivity index is 2.07. The molecule has 1 aromatic carbocycles. The fourth-order valence-electron chi connectivity index (χ4n) is 2.77. The molecule has 0 fully saturated rings. The zero-order valence-electron chi connectivity index (χ0n) is 16.0. The van der Waals surface area contributed by atoms with E-state index in [4.69, 9.17) is 4.74 Å². The number of carbonyl (C=O) groups is 1. The van der Waals surface area contributed by atoms with Gasteiger partial charge < -0.3 is 10.1 Å². The lowest BCUT2D eigenvalue weighted by Gasteiger charge is -2.12. The summed E-state index contributed by atoms with van der Waals surface area (Å²) >= 11 is 0. The number of hydrogen-bond acceptors (Lipinski definition) is 2. The molecule has 0 aliphatic rings. The molecular formula is C22H35NO2. The highest BCUT2D eigenvalue weighted by Crippen LogP contribution is 2.12. The second-order valence-electron chi connectivity index (χ2n) is 6.57. The molecule has 0 unspecified atom stereocenters. The molecule has 3 nitrogen and oxygen atoms in total. The van der Waals surface area contributed by atoms with E-state index in [0.29, 0.717) is 19.1 Å². The van der Waals surface area contributed by atoms with E-state index >= 15 is 0 Å². The third kappa shape index (κ3) is 11.5. The Morgan fingerprint density at radius 1 is 1.12 bits per heavy atom. The average Bonchev–Trinajstić information content (AvgIpc) is 2.65. The van der Waals surface area contributed by atoms with Gasteiger partial charge in [-0.1, -0.05) is 81.5 Å². The smallest absolute Gasteiger partial charge is 0.220 e. The van der Waals surface area contributed by atoms with E-state index in [0.717, 1.165) is 24.8 Å². The van der Waals surface area contributed by atoms with E-state index in [2.05, 4.69) is 24.4 Å². The molecule has 0 spiro atoms. The molecule has 0 aliphatic carbocycles. The summed E-state index contributed by atoms with van der Waals surface area (Å²) in [5.74, 6) is 0.104. The van der Waals surface area contributed by atoms with Gasteiger partial charge >= 0.3 is 0 Å². The molecule has 0 bridgehead atoms. The molecule has 3 heteroatoms. The van der Waals surface area contributed by atoms with Crippen LogP contribution in [0.25, 0.3) is 0 Å². The minimum absolute atomic E-state index is 0.104. The quantitative estimate of drug-likeness (QED) is 0.362. The monoisotopic (exact) mass is 345 g/mol. The van der Waals surface area contributed by atoms with Crippen molar-refractivity contribution in [3.63, 3.8) is 0 Å². The van der Waals surface area contributed by atoms with Gasteiger partial charge in [-0.15, -0.1) is 0 Å². The van der Waals surface area contributed by atoms with Gasteiger partial charge in [0.25, 0.3) is 0 Å². The summed E-state index contributed by atoms with van der Waals surface area (Å²) in [6, 6.07) is 10.00. The molecule has 0 aromatic heterocycles. The number of carbonyl (C=O) groups excluding carboxylic acids is 1. The molecule has 0 aliphatic heterocycles. The predicted molar refractivity (Wildman–Crippen MR) is 105 cm³/mol. The number of ether oxygens (including phenoxy) is 1. The lowest BCUT2D eigenvalue weighted by Crippen LogP contribution is -2.22. The molecule has 0 saturated heterocycles. The third-order valence-corrected chi connectivity index (χ3v) is 4.40. The Kier molecular flexibility index (Phi) is 12.6. The van der Waals surface area contributed by atoms with E-state index in [1.54, 1.807) is 7.11 Å². The van der Waals surface area contributed by atoms with Crippen LogP contribution in [-0.4, -0.2) is 19.1 Å². The Labute approximate surface area is 153 Å². The first-order chi connectivity index (χ1) is 12.3. The number of hydrogen-bond donors (Lipinski definition) is 1. The predicted octanol–water partition coefficient (Wildman–Crippen LogP) is 5.40. The van der Waals surface area contributed by atoms with E-state index in [-0.39, 0.29) is 5.91 Å². The number of unbranched alkanes of at least 4 members (excludes halogenated alkanes) is 4. The largest absolute Gasteiger partial charge is 0.381 e. The van der Waals surface area contributed by atoms with Gasteiger partial charge in [-0.2, -0.15) is 0 Å². The first kappa shape index (κ1) is 21.4. The zero-order chi connectivity index (χ0) is 18.2. The lowest BCUT2D eigenvalue weighted by atomic mass is 10.1. The molecule has 0 saturated carbocycles. The van der Waals surface area contributed by atoms with Crippen molar-refractivity contribution in [1.82, 2.24) is 5.32 Å². The Bertz CT molecular complexity index is 470. The van der Waals surface area contributed by atoms with Crippen molar-refractivity contribution >= 4 is 5.91 Å². The van der Waals surface area contributed by atoms with Crippen LogP contribution in [0.1, 0.15) is 70.3 Å². The van der Waals surface area contributed by atoms with Crippen LogP contribution in [0.3, 0.4) is 0 Å². The molecule has 0 heterocycles. The molecule has 1 aromatic rings. The zero-order valence-corrected chi connectivity index (χ0v) is 16.0. The van der Waals surface area contributed by atoms with Crippen molar-refractivity contribution in [3.8, 4) is 0 Å². The SMILES string of the molecule is CCCCCCC[C@@H](C/C=C/CCC(=O)NCc1ccccc1)OC. The van der Waals surface area contributed by atoms with Gasteiger partial charge in [0, 0.05) is 20.1 Å². The third-order valence-electron chi connectivity index (χ3n) is 4.40. The molecule has 1 rings (SSSR count). The van der Waals surface area contributed by atoms with Gasteiger partial charge in [0.1, 0.15) is 0 Å². The van der Waals surface area contributed by atoms with Crippen LogP contribution in [0.2, 0.25) is 0 Å². The van der Waals surface area contributed by atoms with Crippen molar-refractivity contribution in [2.45, 2.75) is 77.4 Å². The number of benzene rings is 1. The number of amides is 1. The Morgan fingerprint density at radius 2 is 1.88 bits per heavy atom. The Morgan fingerprint density at radius 3 is 2.60 bits per heavy atom. The number of allylic oxidation sites excluding steroid dienone is 1. The number of methoxy groups -OCH3 is 1. The molecular weight excluding hydrogens is 310 g/mol. The van der Waals surface area contributed by atoms with Gasteiger partial charge in [0.2, 0.25) is 5.91 Å². The van der Waals surface area contributed by atoms with Crippen molar-refractivity contribution < 1.29 is 9.53 Å². The standard InChI is InChI=1S/C22H35NO2/c1-3-4-5-6-11-16-21(25-2)17-12-8-13-18-22(24)23-19-20-14-9-7-10-15-20/h7-10,12,14-15,21H,3-6,11,13,16-19H2,1-2H3,(H,23,24)/b12-8+/t21-/m0/s1. The fourth-order valence-corrected chi connectivity index (χ4v) is 2.77. The average molecular weight is 346 g/mol. The minimum atomic E-state index is 0.104. The Hall–Kier alpha value is -1.61. The number of nitrogens with one attached hydrogen (secondary N) is 1. The van der Waals surface area contributed by atoms with E-state index in [1.165, 1.54) is 32.1 Å². The van der Waals surface area contributed by atoms with Crippen LogP contribution in [0, 0.1) is 0 Å². The summed E-state index contributed by atoms with van der Waals surface area (Å²) in [7, 11) is 1.79. The first-order valence-electron chi connectivity index (χ1n) is 9.74. The maximum Gasteiger partial charge on any atom is 0.220 e. The van der Waals surface area contributed by atoms with Gasteiger partial charge in [0.05, 0.1) is 6.10 Å². The summed E-state index contributed by atoms with van der Waals surface area (Å²) in [6.07, 6.45) is 14.5. The van der Waals surface area contributed by atoms with Crippen molar-refractivity contribution in [1.29, 1.82) is 0 Å². The fraction of sp³-hybridized carbons (Fsp3) is 0.591. The molecule has 25 heavy (non-hydrogen) atoms. The van der Waals surface area contributed by atoms with E-state index in [9.17, 15) is 4.79 Å². The summed E-state index contributed by atoms with van der Waals surface area (Å²) < 4.78 is 5.54. The van der Waals surface area contributed by atoms with Crippen molar-refractivity contribution in [3.05, 3.63) is 48.0 Å². The van der Waals surface area contributed by atoms with Crippen LogP contribution in [-0.2, 0) is 16.1 Å². The maximum absolute atomic E-state index is 11.8. The molecule has 140 valence electrons. The summed E-state index contributed by atoms with van der Waals surface area (Å²) in [5, 5.41) is 2.96. The minimum Gasteiger partial charge on any atom is -0.381 e. The number of rotatable bonds is 14. The van der Waals surface area contributed by atoms with Crippen LogP contribution in [0.5, 0.6) is 0 Å². The molecule has 1 amide bonds. The summed E-state index contributed by atoms with van der Waals surface area (Å²) in [5.41, 5.74) is 1.13. The van der Waals surface area contributed by atoms with E-state index < -0.39 is 0 Å². The molecule has 1 atom stereocenters. The van der Waals surface area contributed by atoms with Crippen molar-refractivity contribution in [2.24, 2.45) is 0 Å². The summed E-state index contributed by atoms with van der Waals surface area (Å²) in [6.45, 7) is 2.85. The topological polar surface area (TPSA) is 38.3 Å². The lowest BCUT2D eigenvalue weighted by molar-refractivity contribution is -0.121. The normalized spacial score (nSPS) is 12.4. The highest BCUT2D eigenvalue weighted by Gasteiger charge is 2.04. The van der Waals surface area contributed by atoms with Gasteiger partial charge in [-0.25, -0.2) is 0 Å². The molecule has 0 radical (unpaired) electrons.